The first-order chi connectivity index (χ1) is 13.6. The minimum absolute atomic E-state index is 0.0772. The third-order valence-electron chi connectivity index (χ3n) is 4.60. The van der Waals surface area contributed by atoms with Crippen LogP contribution in [0.1, 0.15) is 37.7 Å². The second kappa shape index (κ2) is 9.73. The fourth-order valence-electron chi connectivity index (χ4n) is 3.13. The van der Waals surface area contributed by atoms with Crippen LogP contribution in [0.2, 0.25) is 0 Å². The maximum absolute atomic E-state index is 12.1. The van der Waals surface area contributed by atoms with E-state index < -0.39 is 24.5 Å². The molecule has 28 heavy (non-hydrogen) atoms. The molecule has 148 valence electrons. The minimum atomic E-state index is -0.680. The van der Waals surface area contributed by atoms with Crippen LogP contribution in [0.5, 0.6) is 5.75 Å². The lowest BCUT2D eigenvalue weighted by molar-refractivity contribution is -0.144. The number of carbonyl (C=O) groups excluding carboxylic acids is 3. The molecule has 0 aromatic heterocycles. The molecule has 7 heteroatoms. The molecule has 0 bridgehead atoms. The number of fused-ring (bicyclic) bond motifs is 1. The van der Waals surface area contributed by atoms with Crippen LogP contribution in [0.25, 0.3) is 6.08 Å². The maximum atomic E-state index is 12.1. The van der Waals surface area contributed by atoms with Gasteiger partial charge in [-0.05, 0) is 44.2 Å². The summed E-state index contributed by atoms with van der Waals surface area (Å²) < 4.78 is 10.5. The molecule has 3 amide bonds. The average molecular weight is 384 g/mol. The molecule has 0 spiro atoms. The van der Waals surface area contributed by atoms with E-state index in [1.165, 1.54) is 18.4 Å². The summed E-state index contributed by atoms with van der Waals surface area (Å²) in [4.78, 5) is 35.6. The summed E-state index contributed by atoms with van der Waals surface area (Å²) in [5, 5.41) is 4.79. The van der Waals surface area contributed by atoms with Crippen molar-refractivity contribution in [3.05, 3.63) is 47.1 Å². The van der Waals surface area contributed by atoms with E-state index in [-0.39, 0.29) is 6.61 Å². The van der Waals surface area contributed by atoms with Crippen LogP contribution in [0.15, 0.2) is 41.5 Å². The van der Waals surface area contributed by atoms with Crippen LogP contribution >= 0.6 is 0 Å². The lowest BCUT2D eigenvalue weighted by atomic mass is 9.97. The monoisotopic (exact) mass is 384 g/mol. The molecular weight excluding hydrogens is 360 g/mol. The number of hydrogen-bond acceptors (Lipinski definition) is 5. The van der Waals surface area contributed by atoms with E-state index in [1.807, 2.05) is 24.3 Å². The van der Waals surface area contributed by atoms with Crippen LogP contribution in [0.3, 0.4) is 0 Å². The average Bonchev–Trinajstić information content (AvgIpc) is 2.72. The molecule has 0 saturated heterocycles. The molecule has 0 fully saturated rings. The number of hydrogen-bond donors (Lipinski definition) is 2. The van der Waals surface area contributed by atoms with Gasteiger partial charge in [0.05, 0.1) is 5.57 Å². The third kappa shape index (κ3) is 5.70. The number of imide groups is 1. The van der Waals surface area contributed by atoms with Gasteiger partial charge in [-0.3, -0.25) is 10.1 Å². The van der Waals surface area contributed by atoms with Crippen molar-refractivity contribution in [3.8, 4) is 5.75 Å². The van der Waals surface area contributed by atoms with Crippen molar-refractivity contribution in [3.63, 3.8) is 0 Å². The number of para-hydroxylation sites is 1. The number of rotatable bonds is 6. The molecule has 1 heterocycles. The quantitative estimate of drug-likeness (QED) is 0.581. The van der Waals surface area contributed by atoms with Crippen molar-refractivity contribution in [2.24, 2.45) is 0 Å². The zero-order valence-corrected chi connectivity index (χ0v) is 15.7. The Hall–Kier alpha value is -3.09. The number of amides is 3. The summed E-state index contributed by atoms with van der Waals surface area (Å²) >= 11 is 0. The second-order valence-electron chi connectivity index (χ2n) is 6.73. The second-order valence-corrected chi connectivity index (χ2v) is 6.73. The van der Waals surface area contributed by atoms with Crippen LogP contribution in [0.4, 0.5) is 4.79 Å². The number of nitrogens with one attached hydrogen (secondary N) is 2. The molecule has 1 aliphatic carbocycles. The SMILES string of the molecule is O=C(COC(=O)C1=Cc2ccccc2OC1)NC(=O)NCCC1=CCCCC1. The smallest absolute Gasteiger partial charge is 0.338 e. The highest BCUT2D eigenvalue weighted by atomic mass is 16.5. The van der Waals surface area contributed by atoms with Crippen LogP contribution in [0, 0.1) is 0 Å². The third-order valence-corrected chi connectivity index (χ3v) is 4.60. The van der Waals surface area contributed by atoms with Gasteiger partial charge in [-0.25, -0.2) is 9.59 Å². The van der Waals surface area contributed by atoms with Gasteiger partial charge in [-0.1, -0.05) is 29.8 Å². The predicted octanol–water partition coefficient (Wildman–Crippen LogP) is 2.72. The molecule has 1 aromatic carbocycles. The standard InChI is InChI=1S/C21H24N2O5/c24-19(23-21(26)22-11-10-15-6-2-1-3-7-15)14-28-20(25)17-12-16-8-4-5-9-18(16)27-13-17/h4-6,8-9,12H,1-3,7,10-11,13-14H2,(H2,22,23,24,26). The van der Waals surface area contributed by atoms with E-state index >= 15 is 0 Å². The maximum Gasteiger partial charge on any atom is 0.338 e. The summed E-state index contributed by atoms with van der Waals surface area (Å²) in [5.41, 5.74) is 2.44. The summed E-state index contributed by atoms with van der Waals surface area (Å²) in [6.45, 7) is 0.0125. The Labute approximate surface area is 163 Å². The highest BCUT2D eigenvalue weighted by Crippen LogP contribution is 2.26. The first-order valence-corrected chi connectivity index (χ1v) is 9.47. The normalized spacial score (nSPS) is 15.3. The molecule has 0 radical (unpaired) electrons. The number of allylic oxidation sites excluding steroid dienone is 1. The van der Waals surface area contributed by atoms with Crippen LogP contribution in [-0.4, -0.2) is 37.7 Å². The van der Waals surface area contributed by atoms with E-state index in [9.17, 15) is 14.4 Å². The molecule has 0 saturated carbocycles. The molecule has 3 rings (SSSR count). The molecule has 7 nitrogen and oxygen atoms in total. The lowest BCUT2D eigenvalue weighted by Crippen LogP contribution is -2.42. The highest BCUT2D eigenvalue weighted by molar-refractivity contribution is 5.98. The largest absolute Gasteiger partial charge is 0.488 e. The van der Waals surface area contributed by atoms with E-state index in [4.69, 9.17) is 9.47 Å². The van der Waals surface area contributed by atoms with Gasteiger partial charge in [0.2, 0.25) is 0 Å². The Balaban J connectivity index is 1.37. The Bertz CT molecular complexity index is 813. The highest BCUT2D eigenvalue weighted by Gasteiger charge is 2.19. The number of urea groups is 1. The Morgan fingerprint density at radius 1 is 1.14 bits per heavy atom. The van der Waals surface area contributed by atoms with Crippen LogP contribution in [-0.2, 0) is 14.3 Å². The molecule has 2 N–H and O–H groups in total. The van der Waals surface area contributed by atoms with Gasteiger partial charge in [0.1, 0.15) is 12.4 Å². The van der Waals surface area contributed by atoms with Crippen molar-refractivity contribution in [1.29, 1.82) is 0 Å². The topological polar surface area (TPSA) is 93.7 Å². The van der Waals surface area contributed by atoms with Gasteiger partial charge < -0.3 is 14.8 Å². The fourth-order valence-corrected chi connectivity index (χ4v) is 3.13. The molecular formula is C21H24N2O5. The van der Waals surface area contributed by atoms with Crippen molar-refractivity contribution in [2.45, 2.75) is 32.1 Å². The number of esters is 1. The van der Waals surface area contributed by atoms with Gasteiger partial charge in [0, 0.05) is 12.1 Å². The van der Waals surface area contributed by atoms with E-state index in [2.05, 4.69) is 16.7 Å². The predicted molar refractivity (Wildman–Crippen MR) is 104 cm³/mol. The zero-order chi connectivity index (χ0) is 19.8. The Morgan fingerprint density at radius 2 is 2.00 bits per heavy atom. The zero-order valence-electron chi connectivity index (χ0n) is 15.7. The van der Waals surface area contributed by atoms with E-state index in [0.717, 1.165) is 24.8 Å². The molecule has 1 aromatic rings. The van der Waals surface area contributed by atoms with Gasteiger partial charge in [0.25, 0.3) is 5.91 Å². The Kier molecular flexibility index (Phi) is 6.84. The number of ether oxygens (including phenoxy) is 2. The lowest BCUT2D eigenvalue weighted by Gasteiger charge is -2.16. The number of benzene rings is 1. The summed E-state index contributed by atoms with van der Waals surface area (Å²) in [7, 11) is 0. The number of carbonyl (C=O) groups is 3. The van der Waals surface area contributed by atoms with Gasteiger partial charge in [-0.2, -0.15) is 0 Å². The van der Waals surface area contributed by atoms with Gasteiger partial charge in [-0.15, -0.1) is 0 Å². The van der Waals surface area contributed by atoms with E-state index in [1.54, 1.807) is 6.08 Å². The van der Waals surface area contributed by atoms with Crippen LogP contribution < -0.4 is 15.4 Å². The molecule has 0 unspecified atom stereocenters. The minimum Gasteiger partial charge on any atom is -0.488 e. The molecule has 0 atom stereocenters. The van der Waals surface area contributed by atoms with Crippen molar-refractivity contribution in [2.75, 3.05) is 19.8 Å². The van der Waals surface area contributed by atoms with Crippen molar-refractivity contribution >= 4 is 24.0 Å². The van der Waals surface area contributed by atoms with Gasteiger partial charge >= 0.3 is 12.0 Å². The first kappa shape index (κ1) is 19.7. The van der Waals surface area contributed by atoms with Gasteiger partial charge in [0.15, 0.2) is 6.61 Å². The van der Waals surface area contributed by atoms with Crippen molar-refractivity contribution < 1.29 is 23.9 Å². The Morgan fingerprint density at radius 3 is 2.82 bits per heavy atom. The first-order valence-electron chi connectivity index (χ1n) is 9.47. The van der Waals surface area contributed by atoms with E-state index in [0.29, 0.717) is 17.9 Å². The molecule has 2 aliphatic rings. The molecule has 1 aliphatic heterocycles. The summed E-state index contributed by atoms with van der Waals surface area (Å²) in [5.74, 6) is -0.632. The fraction of sp³-hybridized carbons (Fsp3) is 0.381. The van der Waals surface area contributed by atoms with Crippen molar-refractivity contribution in [1.82, 2.24) is 10.6 Å². The summed E-state index contributed by atoms with van der Waals surface area (Å²) in [6, 6.07) is 6.72. The summed E-state index contributed by atoms with van der Waals surface area (Å²) in [6.07, 6.45) is 9.25.